The molecule has 4 heterocycles. The third kappa shape index (κ3) is 6.29. The molecule has 6 rings (SSSR count). The molecule has 4 aromatic rings. The number of H-pyrrole nitrogens is 1. The van der Waals surface area contributed by atoms with Crippen molar-refractivity contribution in [2.24, 2.45) is 0 Å². The van der Waals surface area contributed by atoms with Crippen molar-refractivity contribution < 1.29 is 4.79 Å². The minimum atomic E-state index is 0.0849. The number of para-hydroxylation sites is 1. The number of carbonyl (C=O) groups is 1. The first-order valence-corrected chi connectivity index (χ1v) is 14.6. The number of pyridine rings is 2. The number of rotatable bonds is 7. The van der Waals surface area contributed by atoms with Crippen molar-refractivity contribution in [3.63, 3.8) is 0 Å². The van der Waals surface area contributed by atoms with Crippen LogP contribution in [0.15, 0.2) is 60.9 Å². The lowest BCUT2D eigenvalue weighted by atomic mass is 9.91. The van der Waals surface area contributed by atoms with E-state index >= 15 is 0 Å². The number of aromatic amines is 1. The average molecular weight is 569 g/mol. The Kier molecular flexibility index (Phi) is 8.03. The van der Waals surface area contributed by atoms with E-state index in [2.05, 4.69) is 41.5 Å². The average Bonchev–Trinajstić information content (AvgIpc) is 3.43. The van der Waals surface area contributed by atoms with Crippen molar-refractivity contribution in [1.29, 1.82) is 5.26 Å². The van der Waals surface area contributed by atoms with Gasteiger partial charge in [-0.3, -0.25) is 9.69 Å². The van der Waals surface area contributed by atoms with E-state index in [1.165, 1.54) is 0 Å². The van der Waals surface area contributed by atoms with E-state index in [1.54, 1.807) is 6.20 Å². The minimum absolute atomic E-state index is 0.0849. The molecular weight excluding hydrogens is 536 g/mol. The molecule has 3 aromatic heterocycles. The first-order valence-electron chi connectivity index (χ1n) is 14.2. The fraction of sp³-hybridized carbons (Fsp3) is 0.355. The van der Waals surface area contributed by atoms with Gasteiger partial charge in [0.2, 0.25) is 5.91 Å². The second-order valence-electron chi connectivity index (χ2n) is 10.8. The SMILES string of the molecule is N#Cc1ccccc1N1CCN(CC(=O)NC2CCC(Nc3cc(-c4c[nH]c5ncccc45)cc(Cl)n3)CC2)CC1. The Morgan fingerprint density at radius 3 is 2.63 bits per heavy atom. The molecule has 41 heavy (non-hydrogen) atoms. The highest BCUT2D eigenvalue weighted by Crippen LogP contribution is 2.31. The summed E-state index contributed by atoms with van der Waals surface area (Å²) in [5.41, 5.74) is 4.54. The van der Waals surface area contributed by atoms with Gasteiger partial charge in [-0.15, -0.1) is 0 Å². The number of piperazine rings is 1. The van der Waals surface area contributed by atoms with Crippen LogP contribution in [0.4, 0.5) is 11.5 Å². The van der Waals surface area contributed by atoms with Crippen LogP contribution in [-0.4, -0.2) is 70.6 Å². The van der Waals surface area contributed by atoms with Gasteiger partial charge in [-0.25, -0.2) is 9.97 Å². The van der Waals surface area contributed by atoms with Crippen molar-refractivity contribution >= 4 is 40.0 Å². The molecule has 9 nitrogen and oxygen atoms in total. The predicted octanol–water partition coefficient (Wildman–Crippen LogP) is 4.81. The summed E-state index contributed by atoms with van der Waals surface area (Å²) in [5.74, 6) is 0.844. The standard InChI is InChI=1S/C31H33ClN8O/c32-28-16-22(26-19-35-31-25(26)5-3-11-34-31)17-29(38-28)36-23-7-9-24(10-8-23)37-30(41)20-39-12-14-40(15-13-39)27-6-2-1-4-21(27)18-33/h1-6,11,16-17,19,23-24H,7-10,12-15,20H2,(H,34,35)(H,36,38)(H,37,41). The number of anilines is 2. The van der Waals surface area contributed by atoms with Crippen LogP contribution in [0.2, 0.25) is 5.15 Å². The largest absolute Gasteiger partial charge is 0.368 e. The monoisotopic (exact) mass is 568 g/mol. The number of nitrogens with one attached hydrogen (secondary N) is 3. The number of fused-ring (bicyclic) bond motifs is 1. The van der Waals surface area contributed by atoms with Crippen LogP contribution in [-0.2, 0) is 4.79 Å². The highest BCUT2D eigenvalue weighted by atomic mass is 35.5. The lowest BCUT2D eigenvalue weighted by Gasteiger charge is -2.36. The van der Waals surface area contributed by atoms with E-state index in [4.69, 9.17) is 11.6 Å². The van der Waals surface area contributed by atoms with Gasteiger partial charge in [0.1, 0.15) is 22.7 Å². The molecule has 1 aliphatic heterocycles. The number of nitrogens with zero attached hydrogens (tertiary/aromatic N) is 5. The lowest BCUT2D eigenvalue weighted by Crippen LogP contribution is -2.51. The molecule has 1 saturated heterocycles. The summed E-state index contributed by atoms with van der Waals surface area (Å²) in [6.45, 7) is 3.62. The van der Waals surface area contributed by atoms with E-state index < -0.39 is 0 Å². The number of hydrogen-bond acceptors (Lipinski definition) is 7. The Labute approximate surface area is 244 Å². The molecule has 0 radical (unpaired) electrons. The van der Waals surface area contributed by atoms with E-state index in [0.29, 0.717) is 17.3 Å². The molecule has 1 aromatic carbocycles. The molecule has 2 aliphatic rings. The molecular formula is C31H33ClN8O. The fourth-order valence-electron chi connectivity index (χ4n) is 5.98. The highest BCUT2D eigenvalue weighted by Gasteiger charge is 2.25. The Bertz CT molecular complexity index is 1560. The second-order valence-corrected chi connectivity index (χ2v) is 11.2. The quantitative estimate of drug-likeness (QED) is 0.274. The summed E-state index contributed by atoms with van der Waals surface area (Å²) >= 11 is 6.41. The molecule has 0 bridgehead atoms. The molecule has 0 spiro atoms. The maximum atomic E-state index is 12.8. The molecule has 1 aliphatic carbocycles. The molecule has 2 fully saturated rings. The Balaban J connectivity index is 0.971. The van der Waals surface area contributed by atoms with Gasteiger partial charge >= 0.3 is 0 Å². The number of hydrogen-bond donors (Lipinski definition) is 3. The molecule has 0 unspecified atom stereocenters. The van der Waals surface area contributed by atoms with Crippen molar-refractivity contribution in [2.75, 3.05) is 42.9 Å². The summed E-state index contributed by atoms with van der Waals surface area (Å²) < 4.78 is 0. The third-order valence-electron chi connectivity index (χ3n) is 8.11. The number of halogens is 1. The number of carbonyl (C=O) groups excluding carboxylic acids is 1. The fourth-order valence-corrected chi connectivity index (χ4v) is 6.19. The second kappa shape index (κ2) is 12.2. The van der Waals surface area contributed by atoms with Gasteiger partial charge in [0, 0.05) is 61.6 Å². The van der Waals surface area contributed by atoms with Crippen molar-refractivity contribution in [3.05, 3.63) is 71.6 Å². The maximum Gasteiger partial charge on any atom is 0.234 e. The van der Waals surface area contributed by atoms with Gasteiger partial charge in [0.05, 0.1) is 17.8 Å². The number of amides is 1. The van der Waals surface area contributed by atoms with Gasteiger partial charge in [-0.2, -0.15) is 5.26 Å². The first-order chi connectivity index (χ1) is 20.1. The van der Waals surface area contributed by atoms with E-state index in [-0.39, 0.29) is 18.0 Å². The van der Waals surface area contributed by atoms with E-state index in [1.807, 2.05) is 54.7 Å². The molecule has 1 amide bonds. The van der Waals surface area contributed by atoms with Crippen LogP contribution < -0.4 is 15.5 Å². The summed E-state index contributed by atoms with van der Waals surface area (Å²) in [6, 6.07) is 18.3. The van der Waals surface area contributed by atoms with Gasteiger partial charge in [0.25, 0.3) is 0 Å². The predicted molar refractivity (Wildman–Crippen MR) is 162 cm³/mol. The van der Waals surface area contributed by atoms with Gasteiger partial charge in [0.15, 0.2) is 0 Å². The van der Waals surface area contributed by atoms with Crippen molar-refractivity contribution in [3.8, 4) is 17.2 Å². The zero-order valence-electron chi connectivity index (χ0n) is 22.8. The van der Waals surface area contributed by atoms with Crippen LogP contribution in [0.25, 0.3) is 22.2 Å². The zero-order chi connectivity index (χ0) is 28.2. The first kappa shape index (κ1) is 27.1. The van der Waals surface area contributed by atoms with Crippen molar-refractivity contribution in [2.45, 2.75) is 37.8 Å². The van der Waals surface area contributed by atoms with Crippen LogP contribution in [0.1, 0.15) is 31.2 Å². The topological polar surface area (TPSA) is 113 Å². The van der Waals surface area contributed by atoms with Crippen LogP contribution >= 0.6 is 11.6 Å². The smallest absolute Gasteiger partial charge is 0.234 e. The number of benzene rings is 1. The maximum absolute atomic E-state index is 12.8. The molecule has 0 atom stereocenters. The Morgan fingerprint density at radius 2 is 1.83 bits per heavy atom. The van der Waals surface area contributed by atoms with E-state index in [0.717, 1.165) is 85.5 Å². The normalized spacial score (nSPS) is 19.6. The zero-order valence-corrected chi connectivity index (χ0v) is 23.6. The molecule has 210 valence electrons. The highest BCUT2D eigenvalue weighted by molar-refractivity contribution is 6.29. The summed E-state index contributed by atoms with van der Waals surface area (Å²) in [4.78, 5) is 29.4. The molecule has 3 N–H and O–H groups in total. The van der Waals surface area contributed by atoms with Crippen LogP contribution in [0.5, 0.6) is 0 Å². The van der Waals surface area contributed by atoms with E-state index in [9.17, 15) is 10.1 Å². The van der Waals surface area contributed by atoms with Crippen molar-refractivity contribution in [1.82, 2.24) is 25.2 Å². The summed E-state index contributed by atoms with van der Waals surface area (Å²) in [7, 11) is 0. The minimum Gasteiger partial charge on any atom is -0.368 e. The number of aromatic nitrogens is 3. The van der Waals surface area contributed by atoms with Crippen LogP contribution in [0, 0.1) is 11.3 Å². The summed E-state index contributed by atoms with van der Waals surface area (Å²) in [5, 5.41) is 17.7. The molecule has 10 heteroatoms. The Hall–Kier alpha value is -4.13. The lowest BCUT2D eigenvalue weighted by molar-refractivity contribution is -0.123. The number of nitriles is 1. The molecule has 1 saturated carbocycles. The summed E-state index contributed by atoms with van der Waals surface area (Å²) in [6.07, 6.45) is 7.46. The van der Waals surface area contributed by atoms with Crippen LogP contribution in [0.3, 0.4) is 0 Å². The van der Waals surface area contributed by atoms with Gasteiger partial charge in [-0.05, 0) is 67.6 Å². The van der Waals surface area contributed by atoms with Gasteiger partial charge in [-0.1, -0.05) is 23.7 Å². The van der Waals surface area contributed by atoms with Gasteiger partial charge < -0.3 is 20.5 Å². The third-order valence-corrected chi connectivity index (χ3v) is 8.30. The Morgan fingerprint density at radius 1 is 1.05 bits per heavy atom.